The molecule has 2 aromatic heterocycles. The van der Waals surface area contributed by atoms with Gasteiger partial charge in [-0.1, -0.05) is 6.07 Å². The van der Waals surface area contributed by atoms with E-state index in [0.29, 0.717) is 6.42 Å². The number of fused-ring (bicyclic) bond motifs is 1. The number of hydrogen-bond donors (Lipinski definition) is 0. The van der Waals surface area contributed by atoms with Crippen molar-refractivity contribution < 1.29 is 9.47 Å². The summed E-state index contributed by atoms with van der Waals surface area (Å²) in [7, 11) is 5.79. The van der Waals surface area contributed by atoms with Crippen molar-refractivity contribution in [3.8, 4) is 17.3 Å². The van der Waals surface area contributed by atoms with E-state index in [-0.39, 0.29) is 0 Å². The quantitative estimate of drug-likeness (QED) is 0.610. The van der Waals surface area contributed by atoms with Crippen molar-refractivity contribution in [1.82, 2.24) is 29.4 Å². The van der Waals surface area contributed by atoms with Crippen molar-refractivity contribution in [3.63, 3.8) is 0 Å². The number of hydrogen-bond acceptors (Lipinski definition) is 6. The zero-order valence-corrected chi connectivity index (χ0v) is 17.6. The van der Waals surface area contributed by atoms with E-state index in [4.69, 9.17) is 19.6 Å². The Hall–Kier alpha value is -2.87. The predicted octanol–water partition coefficient (Wildman–Crippen LogP) is 2.26. The third-order valence-electron chi connectivity index (χ3n) is 5.03. The summed E-state index contributed by atoms with van der Waals surface area (Å²) in [5.74, 6) is 3.29. The average molecular weight is 396 g/mol. The minimum absolute atomic E-state index is 0.599. The Balaban J connectivity index is 1.74. The van der Waals surface area contributed by atoms with Crippen LogP contribution >= 0.6 is 0 Å². The highest BCUT2D eigenvalue weighted by molar-refractivity contribution is 5.49. The van der Waals surface area contributed by atoms with Gasteiger partial charge in [-0.2, -0.15) is 10.2 Å². The van der Waals surface area contributed by atoms with Crippen molar-refractivity contribution in [2.24, 2.45) is 0 Å². The molecule has 1 aliphatic rings. The first-order valence-corrected chi connectivity index (χ1v) is 9.97. The Kier molecular flexibility index (Phi) is 5.53. The number of aromatic nitrogens is 5. The second kappa shape index (κ2) is 8.24. The predicted molar refractivity (Wildman–Crippen MR) is 110 cm³/mol. The molecule has 29 heavy (non-hydrogen) atoms. The third-order valence-corrected chi connectivity index (χ3v) is 5.03. The van der Waals surface area contributed by atoms with E-state index in [9.17, 15) is 0 Å². The molecule has 4 rings (SSSR count). The van der Waals surface area contributed by atoms with Crippen LogP contribution in [0.3, 0.4) is 0 Å². The Morgan fingerprint density at radius 2 is 2.14 bits per heavy atom. The molecule has 0 saturated carbocycles. The molecule has 0 N–H and O–H groups in total. The average Bonchev–Trinajstić information content (AvgIpc) is 3.31. The largest absolute Gasteiger partial charge is 0.494 e. The summed E-state index contributed by atoms with van der Waals surface area (Å²) in [4.78, 5) is 7.00. The highest BCUT2D eigenvalue weighted by Gasteiger charge is 2.21. The summed E-state index contributed by atoms with van der Waals surface area (Å²) in [5, 5.41) is 9.30. The molecule has 3 aromatic rings. The van der Waals surface area contributed by atoms with Crippen LogP contribution in [0.2, 0.25) is 0 Å². The monoisotopic (exact) mass is 396 g/mol. The third kappa shape index (κ3) is 4.12. The number of benzene rings is 1. The van der Waals surface area contributed by atoms with E-state index in [1.54, 1.807) is 7.11 Å². The van der Waals surface area contributed by atoms with Crippen LogP contribution in [-0.2, 0) is 19.4 Å². The van der Waals surface area contributed by atoms with Crippen LogP contribution in [0, 0.1) is 6.92 Å². The van der Waals surface area contributed by atoms with Crippen LogP contribution in [0.4, 0.5) is 0 Å². The van der Waals surface area contributed by atoms with Crippen LogP contribution in [0.25, 0.3) is 5.69 Å². The van der Waals surface area contributed by atoms with Crippen LogP contribution in [0.1, 0.15) is 29.2 Å². The van der Waals surface area contributed by atoms with E-state index < -0.39 is 0 Å². The Morgan fingerprint density at radius 1 is 1.28 bits per heavy atom. The van der Waals surface area contributed by atoms with Gasteiger partial charge < -0.3 is 14.4 Å². The van der Waals surface area contributed by atoms with Crippen molar-refractivity contribution in [2.75, 3.05) is 34.4 Å². The van der Waals surface area contributed by atoms with Gasteiger partial charge >= 0.3 is 0 Å². The lowest BCUT2D eigenvalue weighted by molar-refractivity contribution is 0.228. The van der Waals surface area contributed by atoms with Crippen LogP contribution < -0.4 is 9.47 Å². The van der Waals surface area contributed by atoms with Crippen molar-refractivity contribution >= 4 is 0 Å². The molecule has 3 heterocycles. The first-order valence-electron chi connectivity index (χ1n) is 9.97. The van der Waals surface area contributed by atoms with Gasteiger partial charge in [0.15, 0.2) is 5.82 Å². The van der Waals surface area contributed by atoms with Crippen LogP contribution in [0.5, 0.6) is 11.6 Å². The maximum absolute atomic E-state index is 5.87. The van der Waals surface area contributed by atoms with Gasteiger partial charge in [-0.25, -0.2) is 14.3 Å². The minimum Gasteiger partial charge on any atom is -0.494 e. The molecule has 0 spiro atoms. The number of rotatable bonds is 7. The molecule has 8 nitrogen and oxygen atoms in total. The maximum atomic E-state index is 5.87. The topological polar surface area (TPSA) is 70.2 Å². The van der Waals surface area contributed by atoms with Gasteiger partial charge in [-0.3, -0.25) is 0 Å². The maximum Gasteiger partial charge on any atom is 0.215 e. The number of ether oxygens (including phenoxy) is 2. The molecule has 1 aromatic carbocycles. The van der Waals surface area contributed by atoms with Crippen LogP contribution in [-0.4, -0.2) is 63.8 Å². The van der Waals surface area contributed by atoms with E-state index in [2.05, 4.69) is 37.1 Å². The fraction of sp³-hybridized carbons (Fsp3) is 0.476. The molecule has 0 bridgehead atoms. The summed E-state index contributed by atoms with van der Waals surface area (Å²) < 4.78 is 15.3. The van der Waals surface area contributed by atoms with E-state index >= 15 is 0 Å². The van der Waals surface area contributed by atoms with E-state index in [0.717, 1.165) is 72.6 Å². The van der Waals surface area contributed by atoms with Crippen molar-refractivity contribution in [3.05, 3.63) is 47.2 Å². The molecule has 0 saturated heterocycles. The second-order valence-electron chi connectivity index (χ2n) is 7.66. The SMILES string of the molecule is COc1ccc(C)cc1-n1nc(CCN(C)C)nc1Cc1cnn2c1OCCC2. The summed E-state index contributed by atoms with van der Waals surface area (Å²) in [5.41, 5.74) is 3.07. The Morgan fingerprint density at radius 3 is 2.93 bits per heavy atom. The summed E-state index contributed by atoms with van der Waals surface area (Å²) >= 11 is 0. The number of nitrogens with zero attached hydrogens (tertiary/aromatic N) is 6. The van der Waals surface area contributed by atoms with Gasteiger partial charge in [0.1, 0.15) is 17.3 Å². The molecule has 0 fully saturated rings. The lowest BCUT2D eigenvalue weighted by Crippen LogP contribution is -2.15. The van der Waals surface area contributed by atoms with Crippen molar-refractivity contribution in [2.45, 2.75) is 32.7 Å². The van der Waals surface area contributed by atoms with E-state index in [1.165, 1.54) is 0 Å². The summed E-state index contributed by atoms with van der Waals surface area (Å²) in [6.45, 7) is 4.57. The van der Waals surface area contributed by atoms with Gasteiger partial charge in [0, 0.05) is 37.9 Å². The smallest absolute Gasteiger partial charge is 0.215 e. The minimum atomic E-state index is 0.599. The van der Waals surface area contributed by atoms with Gasteiger partial charge in [0.05, 0.1) is 19.9 Å². The Labute approximate surface area is 171 Å². The first kappa shape index (κ1) is 19.4. The molecular weight excluding hydrogens is 368 g/mol. The van der Waals surface area contributed by atoms with E-state index in [1.807, 2.05) is 27.7 Å². The first-order chi connectivity index (χ1) is 14.0. The normalized spacial score (nSPS) is 13.4. The van der Waals surface area contributed by atoms with Gasteiger partial charge in [-0.15, -0.1) is 0 Å². The van der Waals surface area contributed by atoms with Crippen molar-refractivity contribution in [1.29, 1.82) is 0 Å². The lowest BCUT2D eigenvalue weighted by atomic mass is 10.2. The molecule has 0 amide bonds. The molecular formula is C21H28N6O2. The number of methoxy groups -OCH3 is 1. The highest BCUT2D eigenvalue weighted by atomic mass is 16.5. The standard InChI is InChI=1S/C21H28N6O2/c1-15-6-7-18(28-4)17(12-15)27-20(23-19(24-27)8-10-25(2)3)13-16-14-22-26-9-5-11-29-21(16)26/h6-7,12,14H,5,8-11,13H2,1-4H3. The number of likely N-dealkylation sites (N-methyl/N-ethyl adjacent to an activating group) is 1. The van der Waals surface area contributed by atoms with Gasteiger partial charge in [0.2, 0.25) is 5.88 Å². The number of aryl methyl sites for hydroxylation is 2. The molecule has 8 heteroatoms. The molecule has 1 aliphatic heterocycles. The Bertz CT molecular complexity index is 991. The van der Waals surface area contributed by atoms with Gasteiger partial charge in [0.25, 0.3) is 0 Å². The summed E-state index contributed by atoms with van der Waals surface area (Å²) in [6.07, 6.45) is 4.25. The molecule has 0 radical (unpaired) electrons. The molecule has 0 unspecified atom stereocenters. The molecule has 0 atom stereocenters. The zero-order chi connectivity index (χ0) is 20.4. The fourth-order valence-corrected chi connectivity index (χ4v) is 3.51. The fourth-order valence-electron chi connectivity index (χ4n) is 3.51. The zero-order valence-electron chi connectivity index (χ0n) is 17.6. The highest BCUT2D eigenvalue weighted by Crippen LogP contribution is 2.28. The molecule has 154 valence electrons. The molecule has 0 aliphatic carbocycles. The second-order valence-corrected chi connectivity index (χ2v) is 7.66. The summed E-state index contributed by atoms with van der Waals surface area (Å²) in [6, 6.07) is 6.09. The van der Waals surface area contributed by atoms with Crippen LogP contribution in [0.15, 0.2) is 24.4 Å². The van der Waals surface area contributed by atoms with Gasteiger partial charge in [-0.05, 0) is 38.7 Å². The lowest BCUT2D eigenvalue weighted by Gasteiger charge is -2.16.